The molecule has 0 aromatic heterocycles. The van der Waals surface area contributed by atoms with E-state index in [2.05, 4.69) is 32.3 Å². The highest BCUT2D eigenvalue weighted by molar-refractivity contribution is 5.89. The Kier molecular flexibility index (Phi) is 20.9. The molecule has 8 heteroatoms. The number of phenolic OH excluding ortho intramolecular Hbond substituents is 1. The molecule has 0 atom stereocenters. The highest BCUT2D eigenvalue weighted by Crippen LogP contribution is 2.22. The van der Waals surface area contributed by atoms with Gasteiger partial charge < -0.3 is 25.7 Å². The van der Waals surface area contributed by atoms with Gasteiger partial charge in [-0.15, -0.1) is 0 Å². The van der Waals surface area contributed by atoms with Crippen molar-refractivity contribution in [2.24, 2.45) is 0 Å². The van der Waals surface area contributed by atoms with Crippen LogP contribution in [0.4, 0.5) is 19.2 Å². The van der Waals surface area contributed by atoms with Gasteiger partial charge in [0, 0.05) is 18.5 Å². The molecule has 0 saturated carbocycles. The maximum Gasteiger partial charge on any atom is 0.134 e. The number of aromatic hydroxyl groups is 1. The molecule has 0 spiro atoms. The number of aliphatic hydroxyl groups is 1. The summed E-state index contributed by atoms with van der Waals surface area (Å²) in [7, 11) is 1.00. The van der Waals surface area contributed by atoms with Crippen molar-refractivity contribution in [3.05, 3.63) is 79.0 Å². The molecule has 0 heterocycles. The van der Waals surface area contributed by atoms with Gasteiger partial charge in [0.05, 0.1) is 5.56 Å². The molecule has 174 valence electrons. The second-order valence-corrected chi connectivity index (χ2v) is 5.64. The summed E-state index contributed by atoms with van der Waals surface area (Å²) in [6.45, 7) is 12.5. The fourth-order valence-electron chi connectivity index (χ4n) is 1.64. The molecule has 0 saturated heterocycles. The van der Waals surface area contributed by atoms with Crippen LogP contribution in [0.2, 0.25) is 0 Å². The second-order valence-electron chi connectivity index (χ2n) is 5.64. The van der Waals surface area contributed by atoms with Crippen LogP contribution in [0.1, 0.15) is 32.8 Å². The minimum absolute atomic E-state index is 0. The van der Waals surface area contributed by atoms with Gasteiger partial charge in [0.25, 0.3) is 0 Å². The zero-order valence-electron chi connectivity index (χ0n) is 18.4. The smallest absolute Gasteiger partial charge is 0.134 e. The number of benzene rings is 2. The van der Waals surface area contributed by atoms with Crippen molar-refractivity contribution < 1.29 is 28.4 Å². The van der Waals surface area contributed by atoms with Crippen molar-refractivity contribution in [1.82, 2.24) is 0 Å². The Morgan fingerprint density at radius 2 is 1.52 bits per heavy atom. The third-order valence-corrected chi connectivity index (χ3v) is 2.94. The molecule has 0 radical (unpaired) electrons. The molecule has 2 aromatic rings. The first-order chi connectivity index (χ1) is 14.3. The van der Waals surface area contributed by atoms with E-state index < -0.39 is 11.6 Å². The van der Waals surface area contributed by atoms with Gasteiger partial charge in [0.15, 0.2) is 0 Å². The maximum absolute atomic E-state index is 13.8. The fraction of sp³-hybridized carbons (Fsp3) is 0.261. The van der Waals surface area contributed by atoms with E-state index >= 15 is 0 Å². The first-order valence-electron chi connectivity index (χ1n) is 9.18. The summed E-state index contributed by atoms with van der Waals surface area (Å²) in [6.07, 6.45) is 4.08. The lowest BCUT2D eigenvalue weighted by atomic mass is 10.2. The minimum Gasteiger partial charge on any atom is -0.508 e. The van der Waals surface area contributed by atoms with Gasteiger partial charge in [-0.3, -0.25) is 4.70 Å². The zero-order chi connectivity index (χ0) is 23.5. The van der Waals surface area contributed by atoms with E-state index in [0.29, 0.717) is 11.5 Å². The molecule has 2 rings (SSSR count). The van der Waals surface area contributed by atoms with E-state index in [9.17, 15) is 8.78 Å². The Morgan fingerprint density at radius 1 is 1.10 bits per heavy atom. The molecule has 0 unspecified atom stereocenters. The Morgan fingerprint density at radius 3 is 1.87 bits per heavy atom. The lowest BCUT2D eigenvalue weighted by Gasteiger charge is -2.10. The van der Waals surface area contributed by atoms with Gasteiger partial charge in [-0.1, -0.05) is 33.4 Å². The van der Waals surface area contributed by atoms with Crippen LogP contribution < -0.4 is 10.1 Å². The number of nitrogens with one attached hydrogen (secondary N) is 2. The van der Waals surface area contributed by atoms with E-state index in [1.54, 1.807) is 6.92 Å². The lowest BCUT2D eigenvalue weighted by Crippen LogP contribution is -2.03. The molecule has 0 aliphatic rings. The number of halogens is 3. The van der Waals surface area contributed by atoms with Crippen molar-refractivity contribution in [3.8, 4) is 11.5 Å². The van der Waals surface area contributed by atoms with Crippen LogP contribution in [0, 0.1) is 17.0 Å². The zero-order valence-corrected chi connectivity index (χ0v) is 18.4. The van der Waals surface area contributed by atoms with Crippen LogP contribution in [0.15, 0.2) is 61.8 Å². The van der Waals surface area contributed by atoms with E-state index in [1.807, 2.05) is 0 Å². The number of anilines is 1. The maximum atomic E-state index is 13.8. The molecule has 0 aliphatic heterocycles. The number of phenols is 1. The number of allylic oxidation sites excluding steroid dienone is 1. The van der Waals surface area contributed by atoms with Gasteiger partial charge >= 0.3 is 0 Å². The van der Waals surface area contributed by atoms with Gasteiger partial charge in [-0.25, -0.2) is 8.78 Å². The summed E-state index contributed by atoms with van der Waals surface area (Å²) in [5, 5.41) is 25.4. The number of hydrogen-bond acceptors (Lipinski definition) is 5. The quantitative estimate of drug-likeness (QED) is 0.402. The summed E-state index contributed by atoms with van der Waals surface area (Å²) in [5.74, 6) is -0.897. The van der Waals surface area contributed by atoms with Crippen LogP contribution in [0.3, 0.4) is 0 Å². The normalized spacial score (nSPS) is 8.35. The van der Waals surface area contributed by atoms with E-state index in [1.165, 1.54) is 55.1 Å². The number of rotatable bonds is 6. The largest absolute Gasteiger partial charge is 0.508 e. The summed E-state index contributed by atoms with van der Waals surface area (Å²) in [5.41, 5.74) is 0.640. The van der Waals surface area contributed by atoms with E-state index in [4.69, 9.17) is 20.4 Å². The molecule has 5 nitrogen and oxygen atoms in total. The van der Waals surface area contributed by atoms with Crippen molar-refractivity contribution >= 4 is 11.4 Å². The van der Waals surface area contributed by atoms with E-state index in [-0.39, 0.29) is 28.3 Å². The van der Waals surface area contributed by atoms with Crippen molar-refractivity contribution in [1.29, 1.82) is 5.41 Å². The average Bonchev–Trinajstić information content (AvgIpc) is 2.71. The summed E-state index contributed by atoms with van der Waals surface area (Å²) in [4.78, 5) is 0. The fourth-order valence-corrected chi connectivity index (χ4v) is 1.64. The van der Waals surface area contributed by atoms with Gasteiger partial charge in [0.2, 0.25) is 0 Å². The lowest BCUT2D eigenvalue weighted by molar-refractivity contribution is 0.292. The molecule has 0 bridgehead atoms. The van der Waals surface area contributed by atoms with Crippen molar-refractivity contribution in [2.45, 2.75) is 33.8 Å². The van der Waals surface area contributed by atoms with Crippen molar-refractivity contribution in [3.63, 3.8) is 0 Å². The van der Waals surface area contributed by atoms with Crippen LogP contribution in [0.25, 0.3) is 0 Å². The molecule has 0 aliphatic carbocycles. The average molecular weight is 443 g/mol. The predicted molar refractivity (Wildman–Crippen MR) is 123 cm³/mol. The Bertz CT molecular complexity index is 744. The van der Waals surface area contributed by atoms with E-state index in [0.717, 1.165) is 7.11 Å². The standard InChI is InChI=1S/C15H13F2NO2.C4H7N.C3H8.CH4O.FH/c1-2-18-10-7-14(16)13(15(17)8-10)9-20-12-5-3-11(19)4-6-12;1-3-4(2)5;1-3-2;1-2;/h2-8,18-19H,1,9H2;3,5H,1H2,2H3;3H2,1-2H3;2H,1H3;1H. The second kappa shape index (κ2) is 20.0. The predicted octanol–water partition coefficient (Wildman–Crippen LogP) is 6.19. The number of ether oxygens (including phenoxy) is 1. The molecule has 0 amide bonds. The molecule has 2 aromatic carbocycles. The monoisotopic (exact) mass is 442 g/mol. The third-order valence-electron chi connectivity index (χ3n) is 2.94. The summed E-state index contributed by atoms with van der Waals surface area (Å²) >= 11 is 0. The molecule has 0 fully saturated rings. The third kappa shape index (κ3) is 15.3. The molecule has 4 N–H and O–H groups in total. The minimum atomic E-state index is -0.701. The summed E-state index contributed by atoms with van der Waals surface area (Å²) in [6, 6.07) is 8.22. The summed E-state index contributed by atoms with van der Waals surface area (Å²) < 4.78 is 32.8. The van der Waals surface area contributed by atoms with Gasteiger partial charge in [0.1, 0.15) is 29.7 Å². The Hall–Kier alpha value is -3.26. The number of aliphatic hydroxyl groups excluding tert-OH is 1. The highest BCUT2D eigenvalue weighted by atomic mass is 19.1. The molecule has 31 heavy (non-hydrogen) atoms. The topological polar surface area (TPSA) is 85.6 Å². The van der Waals surface area contributed by atoms with Crippen LogP contribution in [-0.4, -0.2) is 23.0 Å². The van der Waals surface area contributed by atoms with Gasteiger partial charge in [-0.05, 0) is 55.6 Å². The van der Waals surface area contributed by atoms with Crippen LogP contribution in [0.5, 0.6) is 11.5 Å². The van der Waals surface area contributed by atoms with Gasteiger partial charge in [-0.2, -0.15) is 0 Å². The molecular formula is C23H33F3N2O3. The van der Waals surface area contributed by atoms with Crippen LogP contribution in [-0.2, 0) is 6.61 Å². The highest BCUT2D eigenvalue weighted by Gasteiger charge is 2.11. The molecular weight excluding hydrogens is 409 g/mol. The number of hydrogen-bond donors (Lipinski definition) is 4. The Labute approximate surface area is 182 Å². The first kappa shape index (κ1) is 32.4. The van der Waals surface area contributed by atoms with Crippen LogP contribution >= 0.6 is 0 Å². The van der Waals surface area contributed by atoms with Crippen molar-refractivity contribution in [2.75, 3.05) is 12.4 Å². The Balaban J connectivity index is -0.000000607. The SMILES string of the molecule is C=CC(C)=N.C=CNc1cc(F)c(COc2ccc(O)cc2)c(F)c1.CCC.CO.F. The first-order valence-corrected chi connectivity index (χ1v) is 9.18.